The first kappa shape index (κ1) is 19.7. The van der Waals surface area contributed by atoms with E-state index in [0.29, 0.717) is 11.5 Å². The van der Waals surface area contributed by atoms with Crippen LogP contribution in [-0.2, 0) is 4.74 Å². The summed E-state index contributed by atoms with van der Waals surface area (Å²) in [6, 6.07) is 0. The summed E-state index contributed by atoms with van der Waals surface area (Å²) in [7, 11) is 0. The maximum absolute atomic E-state index is 6.08. The van der Waals surface area contributed by atoms with Crippen molar-refractivity contribution in [3.63, 3.8) is 0 Å². The molecule has 25 heavy (non-hydrogen) atoms. The predicted octanol–water partition coefficient (Wildman–Crippen LogP) is 7.34. The molecule has 0 amide bonds. The topological polar surface area (TPSA) is 9.23 Å². The molecule has 3 rings (SSSR count). The molecule has 0 heterocycles. The van der Waals surface area contributed by atoms with Crippen LogP contribution < -0.4 is 0 Å². The van der Waals surface area contributed by atoms with Crippen molar-refractivity contribution in [2.45, 2.75) is 116 Å². The Bertz CT molecular complexity index is 354. The van der Waals surface area contributed by atoms with Crippen molar-refractivity contribution in [3.05, 3.63) is 6.42 Å². The minimum Gasteiger partial charge on any atom is -0.378 e. The smallest absolute Gasteiger partial charge is 0.0575 e. The Balaban J connectivity index is 1.60. The van der Waals surface area contributed by atoms with Gasteiger partial charge in [0.15, 0.2) is 0 Å². The molecule has 3 aliphatic carbocycles. The first-order valence-electron chi connectivity index (χ1n) is 11.7. The van der Waals surface area contributed by atoms with Crippen LogP contribution in [0.3, 0.4) is 0 Å². The first-order valence-corrected chi connectivity index (χ1v) is 11.7. The molecule has 0 unspecified atom stereocenters. The minimum absolute atomic E-state index is 0.573. The third kappa shape index (κ3) is 4.82. The fourth-order valence-corrected chi connectivity index (χ4v) is 6.68. The van der Waals surface area contributed by atoms with Gasteiger partial charge in [0.1, 0.15) is 0 Å². The van der Waals surface area contributed by atoms with Gasteiger partial charge in [0.2, 0.25) is 0 Å². The maximum Gasteiger partial charge on any atom is 0.0575 e. The summed E-state index contributed by atoms with van der Waals surface area (Å²) in [6.07, 6.45) is 24.7. The molecule has 3 aliphatic rings. The summed E-state index contributed by atoms with van der Waals surface area (Å²) in [5.74, 6) is 3.08. The van der Waals surface area contributed by atoms with E-state index in [1.165, 1.54) is 96.3 Å². The van der Waals surface area contributed by atoms with Gasteiger partial charge in [0, 0.05) is 6.61 Å². The summed E-state index contributed by atoms with van der Waals surface area (Å²) < 4.78 is 6.08. The summed E-state index contributed by atoms with van der Waals surface area (Å²) in [4.78, 5) is 0. The molecule has 3 saturated carbocycles. The number of hydrogen-bond donors (Lipinski definition) is 0. The van der Waals surface area contributed by atoms with Gasteiger partial charge in [-0.25, -0.2) is 0 Å². The quantitative estimate of drug-likeness (QED) is 0.468. The second-order valence-electron chi connectivity index (χ2n) is 9.45. The molecule has 0 bridgehead atoms. The van der Waals surface area contributed by atoms with Crippen LogP contribution in [0.4, 0.5) is 0 Å². The van der Waals surface area contributed by atoms with Crippen LogP contribution >= 0.6 is 0 Å². The Morgan fingerprint density at radius 2 is 1.40 bits per heavy atom. The Morgan fingerprint density at radius 1 is 0.800 bits per heavy atom. The van der Waals surface area contributed by atoms with Crippen molar-refractivity contribution >= 4 is 0 Å². The minimum atomic E-state index is 0.573. The Hall–Kier alpha value is -0.0400. The van der Waals surface area contributed by atoms with Crippen LogP contribution in [0, 0.1) is 29.6 Å². The summed E-state index contributed by atoms with van der Waals surface area (Å²) in [5.41, 5.74) is 0.696. The molecule has 0 spiro atoms. The molecule has 0 aromatic carbocycles. The van der Waals surface area contributed by atoms with Crippen molar-refractivity contribution in [2.24, 2.45) is 23.2 Å². The number of hydrogen-bond acceptors (Lipinski definition) is 1. The van der Waals surface area contributed by atoms with E-state index in [4.69, 9.17) is 4.74 Å². The van der Waals surface area contributed by atoms with Gasteiger partial charge in [0.25, 0.3) is 0 Å². The van der Waals surface area contributed by atoms with Gasteiger partial charge in [0.05, 0.1) is 6.10 Å². The third-order valence-electron chi connectivity index (χ3n) is 8.03. The van der Waals surface area contributed by atoms with E-state index in [2.05, 4.69) is 20.3 Å². The molecule has 0 N–H and O–H groups in total. The molecule has 0 aromatic rings. The zero-order valence-corrected chi connectivity index (χ0v) is 17.1. The third-order valence-corrected chi connectivity index (χ3v) is 8.03. The van der Waals surface area contributed by atoms with E-state index >= 15 is 0 Å². The van der Waals surface area contributed by atoms with Gasteiger partial charge in [-0.3, -0.25) is 0 Å². The van der Waals surface area contributed by atoms with Crippen molar-refractivity contribution in [2.75, 3.05) is 6.61 Å². The Morgan fingerprint density at radius 3 is 1.96 bits per heavy atom. The zero-order chi connectivity index (χ0) is 17.5. The fraction of sp³-hybridized carbons (Fsp3) is 0.958. The highest BCUT2D eigenvalue weighted by atomic mass is 16.5. The molecule has 0 saturated heterocycles. The zero-order valence-electron chi connectivity index (χ0n) is 17.1. The lowest BCUT2D eigenvalue weighted by Crippen LogP contribution is -2.43. The molecule has 1 nitrogen and oxygen atoms in total. The SMILES string of the molecule is CCCO[C@H]1CC[C@H](C2([C@H]3CC[C@H](CCC)CC3)CC[CH]CC2)CC1. The lowest BCUT2D eigenvalue weighted by atomic mass is 9.53. The molecular formula is C24H43O. The average Bonchev–Trinajstić information content (AvgIpc) is 2.68. The summed E-state index contributed by atoms with van der Waals surface area (Å²) in [5, 5.41) is 0. The van der Waals surface area contributed by atoms with E-state index in [-0.39, 0.29) is 0 Å². The van der Waals surface area contributed by atoms with Gasteiger partial charge >= 0.3 is 0 Å². The van der Waals surface area contributed by atoms with E-state index in [1.807, 2.05) is 0 Å². The molecule has 0 aliphatic heterocycles. The van der Waals surface area contributed by atoms with Gasteiger partial charge in [-0.05, 0) is 100 Å². The molecule has 0 atom stereocenters. The van der Waals surface area contributed by atoms with Crippen molar-refractivity contribution in [3.8, 4) is 0 Å². The van der Waals surface area contributed by atoms with Crippen LogP contribution in [0.5, 0.6) is 0 Å². The van der Waals surface area contributed by atoms with Gasteiger partial charge in [-0.1, -0.05) is 39.5 Å². The number of ether oxygens (including phenoxy) is 1. The van der Waals surface area contributed by atoms with Crippen molar-refractivity contribution < 1.29 is 4.74 Å². The average molecular weight is 348 g/mol. The van der Waals surface area contributed by atoms with Crippen molar-refractivity contribution in [1.29, 1.82) is 0 Å². The molecule has 145 valence electrons. The molecule has 0 aromatic heterocycles. The maximum atomic E-state index is 6.08. The van der Waals surface area contributed by atoms with Crippen LogP contribution in [0.15, 0.2) is 0 Å². The van der Waals surface area contributed by atoms with Crippen LogP contribution in [0.25, 0.3) is 0 Å². The number of rotatable bonds is 7. The van der Waals surface area contributed by atoms with Crippen LogP contribution in [0.1, 0.15) is 110 Å². The van der Waals surface area contributed by atoms with E-state index < -0.39 is 0 Å². The Kier molecular flexibility index (Phi) is 7.70. The molecule has 1 radical (unpaired) electrons. The highest BCUT2D eigenvalue weighted by molar-refractivity contribution is 4.99. The lowest BCUT2D eigenvalue weighted by Gasteiger charge is -2.53. The molecule has 3 fully saturated rings. The summed E-state index contributed by atoms with van der Waals surface area (Å²) >= 11 is 0. The Labute approximate surface area is 157 Å². The highest BCUT2D eigenvalue weighted by Crippen LogP contribution is 2.57. The van der Waals surface area contributed by atoms with E-state index in [0.717, 1.165) is 24.4 Å². The van der Waals surface area contributed by atoms with Gasteiger partial charge in [-0.2, -0.15) is 0 Å². The second kappa shape index (κ2) is 9.77. The van der Waals surface area contributed by atoms with Crippen molar-refractivity contribution in [1.82, 2.24) is 0 Å². The fourth-order valence-electron chi connectivity index (χ4n) is 6.68. The highest BCUT2D eigenvalue weighted by Gasteiger charge is 2.47. The van der Waals surface area contributed by atoms with Crippen LogP contribution in [-0.4, -0.2) is 12.7 Å². The van der Waals surface area contributed by atoms with E-state index in [1.54, 1.807) is 0 Å². The molecule has 1 heteroatoms. The van der Waals surface area contributed by atoms with Gasteiger partial charge in [-0.15, -0.1) is 0 Å². The lowest BCUT2D eigenvalue weighted by molar-refractivity contribution is -0.0464. The standard InChI is InChI=1S/C24H43O/c1-3-8-20-9-11-21(12-10-20)24(17-6-5-7-18-24)22-13-15-23(16-14-22)25-19-4-2/h5,20-23H,3-4,6-19H2,1-2H3/t20-,21-,22-,23-. The van der Waals surface area contributed by atoms with Gasteiger partial charge < -0.3 is 4.74 Å². The monoisotopic (exact) mass is 347 g/mol. The molecular weight excluding hydrogens is 304 g/mol. The summed E-state index contributed by atoms with van der Waals surface area (Å²) in [6.45, 7) is 5.56. The van der Waals surface area contributed by atoms with Crippen LogP contribution in [0.2, 0.25) is 0 Å². The largest absolute Gasteiger partial charge is 0.378 e. The normalized spacial score (nSPS) is 36.2. The first-order chi connectivity index (χ1) is 12.3. The van der Waals surface area contributed by atoms with E-state index in [9.17, 15) is 0 Å². The second-order valence-corrected chi connectivity index (χ2v) is 9.45. The predicted molar refractivity (Wildman–Crippen MR) is 108 cm³/mol.